The number of nitrogens with zero attached hydrogens (tertiary/aromatic N) is 1. The first-order valence-corrected chi connectivity index (χ1v) is 9.48. The zero-order valence-electron chi connectivity index (χ0n) is 16.3. The Morgan fingerprint density at radius 3 is 2.60 bits per heavy atom. The van der Waals surface area contributed by atoms with E-state index in [1.165, 1.54) is 18.0 Å². The van der Waals surface area contributed by atoms with E-state index in [9.17, 15) is 25.1 Å². The summed E-state index contributed by atoms with van der Waals surface area (Å²) >= 11 is 0. The van der Waals surface area contributed by atoms with E-state index in [1.54, 1.807) is 42.6 Å². The van der Waals surface area contributed by atoms with Gasteiger partial charge >= 0.3 is 0 Å². The lowest BCUT2D eigenvalue weighted by atomic mass is 9.94. The third-order valence-electron chi connectivity index (χ3n) is 5.51. The van der Waals surface area contributed by atoms with Crippen molar-refractivity contribution in [3.05, 3.63) is 71.1 Å². The second kappa shape index (κ2) is 7.54. The lowest BCUT2D eigenvalue weighted by Gasteiger charge is -2.41. The summed E-state index contributed by atoms with van der Waals surface area (Å²) in [7, 11) is 1.47. The monoisotopic (exact) mass is 410 g/mol. The Morgan fingerprint density at radius 1 is 1.17 bits per heavy atom. The Kier molecular flexibility index (Phi) is 5.04. The normalized spacial score (nSPS) is 22.9. The van der Waals surface area contributed by atoms with Crippen LogP contribution >= 0.6 is 0 Å². The summed E-state index contributed by atoms with van der Waals surface area (Å²) < 4.78 is 0. The maximum atomic E-state index is 12.9. The molecular formula is C21H22N4O5. The highest BCUT2D eigenvalue weighted by Gasteiger charge is 2.48. The van der Waals surface area contributed by atoms with Crippen molar-refractivity contribution >= 4 is 28.4 Å². The van der Waals surface area contributed by atoms with Gasteiger partial charge < -0.3 is 25.5 Å². The highest BCUT2D eigenvalue weighted by molar-refractivity contribution is 5.99. The highest BCUT2D eigenvalue weighted by atomic mass is 16.8. The third-order valence-corrected chi connectivity index (χ3v) is 5.51. The number of rotatable bonds is 5. The summed E-state index contributed by atoms with van der Waals surface area (Å²) in [6.45, 7) is 0. The topological polar surface area (TPSA) is 133 Å². The molecule has 156 valence electrons. The van der Waals surface area contributed by atoms with Crippen LogP contribution in [0, 0.1) is 5.21 Å². The summed E-state index contributed by atoms with van der Waals surface area (Å²) in [4.78, 5) is 30.0. The zero-order chi connectivity index (χ0) is 21.5. The number of benzene rings is 2. The molecule has 2 amide bonds. The van der Waals surface area contributed by atoms with E-state index in [2.05, 4.69) is 10.3 Å². The summed E-state index contributed by atoms with van der Waals surface area (Å²) in [6, 6.07) is 12.9. The molecule has 9 heteroatoms. The van der Waals surface area contributed by atoms with Crippen LogP contribution in [0.25, 0.3) is 10.9 Å². The lowest BCUT2D eigenvalue weighted by Crippen LogP contribution is -2.99. The van der Waals surface area contributed by atoms with Crippen LogP contribution in [-0.2, 0) is 22.4 Å². The van der Waals surface area contributed by atoms with E-state index >= 15 is 0 Å². The Morgan fingerprint density at radius 2 is 1.90 bits per heavy atom. The highest BCUT2D eigenvalue weighted by Crippen LogP contribution is 2.28. The number of H-pyrrole nitrogens is 1. The third kappa shape index (κ3) is 3.44. The van der Waals surface area contributed by atoms with Gasteiger partial charge in [-0.05, 0) is 17.2 Å². The van der Waals surface area contributed by atoms with Gasteiger partial charge in [0.2, 0.25) is 11.6 Å². The number of aromatic nitrogens is 1. The maximum absolute atomic E-state index is 12.9. The quantitative estimate of drug-likeness (QED) is 0.378. The summed E-state index contributed by atoms with van der Waals surface area (Å²) in [5.41, 5.74) is 0.0422. The molecule has 1 aliphatic rings. The first-order valence-electron chi connectivity index (χ1n) is 9.48. The van der Waals surface area contributed by atoms with Crippen LogP contribution < -0.4 is 10.5 Å². The first-order chi connectivity index (χ1) is 14.3. The van der Waals surface area contributed by atoms with Gasteiger partial charge in [-0.15, -0.1) is 0 Å². The van der Waals surface area contributed by atoms with Crippen molar-refractivity contribution in [2.24, 2.45) is 0 Å². The minimum Gasteiger partial charge on any atom is -0.595 e. The second-order valence-electron chi connectivity index (χ2n) is 7.50. The van der Waals surface area contributed by atoms with Gasteiger partial charge in [-0.3, -0.25) is 9.59 Å². The SMILES string of the molecule is CN1C(=O)[C@](O)(Cc2ccccc2)NC(=O)[C@@H]1Cc1c[nH]c2cccc([NH+]([O-])O)c12. The molecule has 4 rings (SSSR count). The molecule has 1 saturated heterocycles. The molecule has 3 atom stereocenters. The molecule has 3 aromatic rings. The second-order valence-corrected chi connectivity index (χ2v) is 7.50. The van der Waals surface area contributed by atoms with Crippen LogP contribution in [0.3, 0.4) is 0 Å². The standard InChI is InChI=1S/C21H22N4O5/c1-24-17(10-14-12-22-15-8-5-9-16(18(14)15)25(29)30)19(26)23-21(28,20(24)27)11-13-6-3-2-4-7-13/h2-9,12,17,22,25,28-29H,10-11H2,1H3,(H,23,26)/t17-,21+/m0/s1. The summed E-state index contributed by atoms with van der Waals surface area (Å²) in [5.74, 6) is -1.12. The zero-order valence-corrected chi connectivity index (χ0v) is 16.3. The van der Waals surface area contributed by atoms with Crippen LogP contribution in [0.1, 0.15) is 11.1 Å². The van der Waals surface area contributed by atoms with Crippen LogP contribution in [0.15, 0.2) is 54.7 Å². The fourth-order valence-electron chi connectivity index (χ4n) is 3.99. The first kappa shape index (κ1) is 20.0. The summed E-state index contributed by atoms with van der Waals surface area (Å²) in [6.07, 6.45) is 1.71. The predicted molar refractivity (Wildman–Crippen MR) is 108 cm³/mol. The van der Waals surface area contributed by atoms with Crippen molar-refractivity contribution in [2.45, 2.75) is 24.6 Å². The summed E-state index contributed by atoms with van der Waals surface area (Å²) in [5, 5.41) is 33.9. The van der Waals surface area contributed by atoms with Gasteiger partial charge in [0.25, 0.3) is 5.91 Å². The minimum atomic E-state index is -2.03. The number of nitrogens with one attached hydrogen (secondary N) is 3. The number of piperazine rings is 1. The Hall–Kier alpha value is -3.24. The van der Waals surface area contributed by atoms with Crippen molar-refractivity contribution < 1.29 is 25.1 Å². The molecule has 0 saturated carbocycles. The number of aromatic amines is 1. The van der Waals surface area contributed by atoms with E-state index in [-0.39, 0.29) is 18.5 Å². The Bertz CT molecular complexity index is 1100. The number of hydrogen-bond donors (Lipinski definition) is 5. The molecule has 0 spiro atoms. The molecule has 0 radical (unpaired) electrons. The van der Waals surface area contributed by atoms with Crippen molar-refractivity contribution in [1.82, 2.24) is 15.2 Å². The molecule has 0 aliphatic carbocycles. The number of fused-ring (bicyclic) bond motifs is 1. The number of carbonyl (C=O) groups excluding carboxylic acids is 2. The molecule has 1 unspecified atom stereocenters. The van der Waals surface area contributed by atoms with Gasteiger partial charge in [-0.25, -0.2) is 5.21 Å². The van der Waals surface area contributed by atoms with Gasteiger partial charge in [-0.1, -0.05) is 36.4 Å². The van der Waals surface area contributed by atoms with Crippen molar-refractivity contribution in [2.75, 3.05) is 7.05 Å². The van der Waals surface area contributed by atoms with E-state index in [0.717, 1.165) is 0 Å². The fourth-order valence-corrected chi connectivity index (χ4v) is 3.99. The minimum absolute atomic E-state index is 0.0499. The van der Waals surface area contributed by atoms with Gasteiger partial charge in [-0.2, -0.15) is 5.23 Å². The van der Waals surface area contributed by atoms with Crippen molar-refractivity contribution in [1.29, 1.82) is 0 Å². The van der Waals surface area contributed by atoms with Gasteiger partial charge in [0, 0.05) is 32.2 Å². The predicted octanol–water partition coefficient (Wildman–Crippen LogP) is 0.00190. The molecule has 0 bridgehead atoms. The number of hydrogen-bond acceptors (Lipinski definition) is 5. The molecule has 2 heterocycles. The van der Waals surface area contributed by atoms with Gasteiger partial charge in [0.1, 0.15) is 6.04 Å². The van der Waals surface area contributed by atoms with Gasteiger partial charge in [0.15, 0.2) is 5.69 Å². The average Bonchev–Trinajstić information content (AvgIpc) is 3.13. The van der Waals surface area contributed by atoms with E-state index in [1.807, 2.05) is 6.07 Å². The molecule has 1 aromatic heterocycles. The van der Waals surface area contributed by atoms with Crippen molar-refractivity contribution in [3.8, 4) is 0 Å². The van der Waals surface area contributed by atoms with Crippen molar-refractivity contribution in [3.63, 3.8) is 0 Å². The Balaban J connectivity index is 1.61. The molecule has 5 N–H and O–H groups in total. The van der Waals surface area contributed by atoms with Crippen LogP contribution in [0.2, 0.25) is 0 Å². The number of amides is 2. The Labute approximate surface area is 172 Å². The van der Waals surface area contributed by atoms with E-state index < -0.39 is 28.8 Å². The van der Waals surface area contributed by atoms with Crippen LogP contribution in [0.5, 0.6) is 0 Å². The average molecular weight is 410 g/mol. The van der Waals surface area contributed by atoms with Gasteiger partial charge in [0.05, 0.1) is 10.9 Å². The number of likely N-dealkylation sites (N-methyl/N-ethyl adjacent to an activating group) is 1. The lowest BCUT2D eigenvalue weighted by molar-refractivity contribution is -0.990. The van der Waals surface area contributed by atoms with E-state index in [4.69, 9.17) is 0 Å². The molecule has 1 fully saturated rings. The fraction of sp³-hybridized carbons (Fsp3) is 0.238. The molecule has 1 aliphatic heterocycles. The largest absolute Gasteiger partial charge is 0.595 e. The van der Waals surface area contributed by atoms with Crippen LogP contribution in [-0.4, -0.2) is 50.8 Å². The molecule has 2 aromatic carbocycles. The maximum Gasteiger partial charge on any atom is 0.276 e. The number of carbonyl (C=O) groups is 2. The molecular weight excluding hydrogens is 388 g/mol. The smallest absolute Gasteiger partial charge is 0.276 e. The molecule has 9 nitrogen and oxygen atoms in total. The number of aliphatic hydroxyl groups is 1. The number of quaternary nitrogens is 1. The van der Waals surface area contributed by atoms with E-state index in [0.29, 0.717) is 22.0 Å². The molecule has 30 heavy (non-hydrogen) atoms. The van der Waals surface area contributed by atoms with Crippen LogP contribution in [0.4, 0.5) is 5.69 Å².